The van der Waals surface area contributed by atoms with E-state index < -0.39 is 96.6 Å². The van der Waals surface area contributed by atoms with Crippen LogP contribution >= 0.6 is 0 Å². The molecule has 6 amide bonds. The predicted octanol–water partition coefficient (Wildman–Crippen LogP) is -2.90. The number of aliphatic carboxylic acids is 1. The Balaban J connectivity index is 2.33. The van der Waals surface area contributed by atoms with Crippen molar-refractivity contribution in [2.45, 2.75) is 101 Å². The summed E-state index contributed by atoms with van der Waals surface area (Å²) in [5.74, 6) is -6.97. The van der Waals surface area contributed by atoms with Gasteiger partial charge >= 0.3 is 5.97 Å². The fraction of sp³-hybridized carbons (Fsp3) is 0.588. The number of benzene rings is 1. The van der Waals surface area contributed by atoms with E-state index in [4.69, 9.17) is 22.9 Å². The summed E-state index contributed by atoms with van der Waals surface area (Å²) >= 11 is 0. The largest absolute Gasteiger partial charge is 0.480 e. The molecule has 1 saturated heterocycles. The van der Waals surface area contributed by atoms with Crippen LogP contribution in [0.4, 0.5) is 0 Å². The lowest BCUT2D eigenvalue weighted by Gasteiger charge is -2.33. The van der Waals surface area contributed by atoms with Crippen molar-refractivity contribution < 1.29 is 43.8 Å². The van der Waals surface area contributed by atoms with Crippen molar-refractivity contribution in [1.29, 1.82) is 0 Å². The van der Waals surface area contributed by atoms with Gasteiger partial charge < -0.3 is 59.3 Å². The lowest BCUT2D eigenvalue weighted by atomic mass is 9.91. The SMILES string of the molecule is CC(C)C[C@H](NC(=O)[C@H]1CCCN1C(=O)[C@@H](NC(=O)[C@@H](N)CO)[C@H](C)c1ccccc1)C(=O)N[C@@H](CCCN=C(N)N)C(=O)N[C@@H](CC(N)=O)C(=O)O. The summed E-state index contributed by atoms with van der Waals surface area (Å²) in [6, 6.07) is 1.34. The Morgan fingerprint density at radius 1 is 0.887 bits per heavy atom. The maximum Gasteiger partial charge on any atom is 0.326 e. The molecule has 2 rings (SSSR count). The molecular weight excluding hydrogens is 692 g/mol. The second-order valence-electron chi connectivity index (χ2n) is 13.4. The molecule has 0 aromatic heterocycles. The number of amides is 6. The molecule has 19 nitrogen and oxygen atoms in total. The van der Waals surface area contributed by atoms with E-state index in [1.807, 2.05) is 13.8 Å². The van der Waals surface area contributed by atoms with Crippen molar-refractivity contribution in [1.82, 2.24) is 26.2 Å². The molecule has 1 aliphatic heterocycles. The van der Waals surface area contributed by atoms with E-state index in [-0.39, 0.29) is 50.7 Å². The molecule has 1 fully saturated rings. The zero-order valence-corrected chi connectivity index (χ0v) is 30.3. The van der Waals surface area contributed by atoms with Crippen LogP contribution < -0.4 is 44.2 Å². The third-order valence-corrected chi connectivity index (χ3v) is 8.70. The number of rotatable bonds is 21. The van der Waals surface area contributed by atoms with Gasteiger partial charge in [0.2, 0.25) is 35.4 Å². The van der Waals surface area contributed by atoms with E-state index in [2.05, 4.69) is 26.3 Å². The third-order valence-electron chi connectivity index (χ3n) is 8.70. The van der Waals surface area contributed by atoms with E-state index in [0.29, 0.717) is 6.42 Å². The molecule has 0 radical (unpaired) electrons. The van der Waals surface area contributed by atoms with Crippen LogP contribution in [0.1, 0.15) is 70.8 Å². The van der Waals surface area contributed by atoms with Crippen LogP contribution in [0.3, 0.4) is 0 Å². The second kappa shape index (κ2) is 21.3. The molecule has 19 heteroatoms. The topological polar surface area (TPSA) is 328 Å². The molecule has 0 bridgehead atoms. The highest BCUT2D eigenvalue weighted by Gasteiger charge is 2.41. The Morgan fingerprint density at radius 2 is 1.51 bits per heavy atom. The van der Waals surface area contributed by atoms with Crippen molar-refractivity contribution in [3.63, 3.8) is 0 Å². The number of aliphatic hydroxyl groups excluding tert-OH is 1. The number of carbonyl (C=O) groups excluding carboxylic acids is 6. The van der Waals surface area contributed by atoms with Gasteiger partial charge in [0.15, 0.2) is 5.96 Å². The smallest absolute Gasteiger partial charge is 0.326 e. The number of nitrogens with zero attached hydrogens (tertiary/aromatic N) is 2. The van der Waals surface area contributed by atoms with Crippen LogP contribution in [0.2, 0.25) is 0 Å². The summed E-state index contributed by atoms with van der Waals surface area (Å²) in [6.45, 7) is 4.99. The molecule has 0 saturated carbocycles. The van der Waals surface area contributed by atoms with Gasteiger partial charge in [-0.25, -0.2) is 4.79 Å². The predicted molar refractivity (Wildman–Crippen MR) is 193 cm³/mol. The monoisotopic (exact) mass is 746 g/mol. The summed E-state index contributed by atoms with van der Waals surface area (Å²) in [5.41, 5.74) is 22.4. The third kappa shape index (κ3) is 14.0. The van der Waals surface area contributed by atoms with E-state index in [9.17, 15) is 43.8 Å². The van der Waals surface area contributed by atoms with Crippen LogP contribution in [0.15, 0.2) is 35.3 Å². The van der Waals surface area contributed by atoms with Gasteiger partial charge in [-0.1, -0.05) is 51.1 Å². The number of aliphatic imine (C=N–C) groups is 1. The van der Waals surface area contributed by atoms with Gasteiger partial charge in [-0.2, -0.15) is 0 Å². The minimum atomic E-state index is -1.66. The van der Waals surface area contributed by atoms with Crippen molar-refractivity contribution in [3.8, 4) is 0 Å². The normalized spacial score (nSPS) is 17.3. The minimum Gasteiger partial charge on any atom is -0.480 e. The number of primary amides is 1. The quantitative estimate of drug-likeness (QED) is 0.0344. The Labute approximate surface area is 308 Å². The number of carboxylic acid groups (broad SMARTS) is 1. The number of guanidine groups is 1. The molecular formula is C34H54N10O9. The first-order chi connectivity index (χ1) is 25.0. The van der Waals surface area contributed by atoms with Crippen LogP contribution in [-0.2, 0) is 33.6 Å². The number of nitrogens with one attached hydrogen (secondary N) is 4. The number of hydrogen-bond donors (Lipinski definition) is 10. The fourth-order valence-corrected chi connectivity index (χ4v) is 5.86. The summed E-state index contributed by atoms with van der Waals surface area (Å²) in [4.78, 5) is 96.0. The van der Waals surface area contributed by atoms with Gasteiger partial charge in [0, 0.05) is 19.0 Å². The highest BCUT2D eigenvalue weighted by molar-refractivity contribution is 5.97. The Kier molecular flexibility index (Phi) is 17.6. The van der Waals surface area contributed by atoms with Crippen LogP contribution in [0, 0.1) is 5.92 Å². The Bertz CT molecular complexity index is 1470. The lowest BCUT2D eigenvalue weighted by molar-refractivity contribution is -0.144. The maximum atomic E-state index is 14.1. The standard InChI is InChI=1S/C34H54N10O9/c1-18(2)15-23(30(49)40-22(11-7-13-39-34(37)38)29(48)42-24(33(52)53)16-26(36)46)41-31(50)25-12-8-14-44(25)32(51)27(43-28(47)21(35)17-45)19(3)20-9-5-4-6-10-20/h4-6,9-10,18-19,21-25,27,45H,7-8,11-17,35H2,1-3H3,(H2,36,46)(H,40,49)(H,41,50)(H,42,48)(H,43,47)(H,52,53)(H4,37,38,39)/t19-,21+,22+,23+,24+,25-,27+/m1/s1. The van der Waals surface area contributed by atoms with Gasteiger partial charge in [0.25, 0.3) is 0 Å². The first kappa shape index (κ1) is 43.9. The molecule has 1 aromatic rings. The first-order valence-electron chi connectivity index (χ1n) is 17.5. The maximum absolute atomic E-state index is 14.1. The van der Waals surface area contributed by atoms with Gasteiger partial charge in [-0.3, -0.25) is 33.8 Å². The Morgan fingerprint density at radius 3 is 2.08 bits per heavy atom. The highest BCUT2D eigenvalue weighted by Crippen LogP contribution is 2.25. The summed E-state index contributed by atoms with van der Waals surface area (Å²) in [6.07, 6.45) is 0.291. The Hall–Kier alpha value is -5.30. The van der Waals surface area contributed by atoms with Crippen molar-refractivity contribution in [3.05, 3.63) is 35.9 Å². The van der Waals surface area contributed by atoms with Gasteiger partial charge in [0.1, 0.15) is 36.3 Å². The van der Waals surface area contributed by atoms with E-state index >= 15 is 0 Å². The molecule has 1 heterocycles. The van der Waals surface area contributed by atoms with Crippen molar-refractivity contribution in [2.75, 3.05) is 19.7 Å². The van der Waals surface area contributed by atoms with Crippen molar-refractivity contribution >= 4 is 47.4 Å². The van der Waals surface area contributed by atoms with Gasteiger partial charge in [-0.05, 0) is 43.6 Å². The lowest BCUT2D eigenvalue weighted by Crippen LogP contribution is -2.60. The van der Waals surface area contributed by atoms with E-state index in [0.717, 1.165) is 5.56 Å². The first-order valence-corrected chi connectivity index (χ1v) is 17.5. The number of carboxylic acids is 1. The molecule has 1 aromatic carbocycles. The molecule has 53 heavy (non-hydrogen) atoms. The molecule has 14 N–H and O–H groups in total. The molecule has 1 aliphatic rings. The molecule has 294 valence electrons. The summed E-state index contributed by atoms with van der Waals surface area (Å²) < 4.78 is 0. The highest BCUT2D eigenvalue weighted by atomic mass is 16.4. The fourth-order valence-electron chi connectivity index (χ4n) is 5.86. The number of hydrogen-bond acceptors (Lipinski definition) is 10. The van der Waals surface area contributed by atoms with Crippen molar-refractivity contribution in [2.24, 2.45) is 33.8 Å². The molecule has 0 spiro atoms. The van der Waals surface area contributed by atoms with E-state index in [1.165, 1.54) is 4.90 Å². The molecule has 0 aliphatic carbocycles. The van der Waals surface area contributed by atoms with Gasteiger partial charge in [0.05, 0.1) is 13.0 Å². The van der Waals surface area contributed by atoms with E-state index in [1.54, 1.807) is 37.3 Å². The number of nitrogens with two attached hydrogens (primary N) is 4. The average molecular weight is 747 g/mol. The summed E-state index contributed by atoms with van der Waals surface area (Å²) in [7, 11) is 0. The second-order valence-corrected chi connectivity index (χ2v) is 13.4. The minimum absolute atomic E-state index is 0.0445. The number of carbonyl (C=O) groups is 7. The van der Waals surface area contributed by atoms with Crippen LogP contribution in [0.5, 0.6) is 0 Å². The number of likely N-dealkylation sites (tertiary alicyclic amines) is 1. The summed E-state index contributed by atoms with van der Waals surface area (Å²) in [5, 5.41) is 29.1. The molecule has 0 unspecified atom stereocenters. The zero-order valence-electron chi connectivity index (χ0n) is 30.3. The average Bonchev–Trinajstić information content (AvgIpc) is 3.60. The molecule has 7 atom stereocenters. The number of aliphatic hydroxyl groups is 1. The zero-order chi connectivity index (χ0) is 39.8. The van der Waals surface area contributed by atoms with Gasteiger partial charge in [-0.15, -0.1) is 0 Å². The van der Waals surface area contributed by atoms with Crippen LogP contribution in [0.25, 0.3) is 0 Å². The van der Waals surface area contributed by atoms with Crippen LogP contribution in [-0.4, -0.2) is 118 Å².